The van der Waals surface area contributed by atoms with Crippen molar-refractivity contribution in [2.24, 2.45) is 10.8 Å². The minimum atomic E-state index is 0.107. The van der Waals surface area contributed by atoms with E-state index in [2.05, 4.69) is 50.7 Å². The van der Waals surface area contributed by atoms with E-state index in [0.29, 0.717) is 24.7 Å². The molecule has 7 heteroatoms. The van der Waals surface area contributed by atoms with E-state index in [1.807, 2.05) is 37.3 Å². The van der Waals surface area contributed by atoms with Crippen LogP contribution in [0.3, 0.4) is 0 Å². The molecule has 5 nitrogen and oxygen atoms in total. The van der Waals surface area contributed by atoms with Crippen molar-refractivity contribution in [2.45, 2.75) is 13.5 Å². The van der Waals surface area contributed by atoms with Crippen LogP contribution in [0.4, 0.5) is 0 Å². The standard InChI is InChI=1S/C21H20BrN3O2S/c1-2-26-19-11-14(12-24-25-21(23)28)10-18(22)20(19)27-13-16-8-5-7-15-6-3-4-9-17(15)16/h3-12H,2,13H2,1H3,(H3,23,25,28)/b24-12-. The lowest BCUT2D eigenvalue weighted by molar-refractivity contribution is 0.268. The summed E-state index contributed by atoms with van der Waals surface area (Å²) in [6.45, 7) is 2.87. The summed E-state index contributed by atoms with van der Waals surface area (Å²) in [5, 5.41) is 6.45. The minimum absolute atomic E-state index is 0.107. The lowest BCUT2D eigenvalue weighted by Gasteiger charge is -2.15. The summed E-state index contributed by atoms with van der Waals surface area (Å²) in [6, 6.07) is 18.2. The van der Waals surface area contributed by atoms with Gasteiger partial charge in [0.15, 0.2) is 16.6 Å². The Balaban J connectivity index is 1.86. The second kappa shape index (κ2) is 9.52. The van der Waals surface area contributed by atoms with Crippen molar-refractivity contribution in [1.82, 2.24) is 5.43 Å². The highest BCUT2D eigenvalue weighted by molar-refractivity contribution is 9.10. The van der Waals surface area contributed by atoms with E-state index in [0.717, 1.165) is 15.6 Å². The molecular weight excluding hydrogens is 438 g/mol. The fourth-order valence-corrected chi connectivity index (χ4v) is 3.43. The predicted octanol–water partition coefficient (Wildman–Crippen LogP) is 4.75. The fourth-order valence-electron chi connectivity index (χ4n) is 2.80. The largest absolute Gasteiger partial charge is 0.490 e. The summed E-state index contributed by atoms with van der Waals surface area (Å²) in [7, 11) is 0. The van der Waals surface area contributed by atoms with Crippen molar-refractivity contribution in [1.29, 1.82) is 0 Å². The number of thiocarbonyl (C=S) groups is 1. The number of halogens is 1. The van der Waals surface area contributed by atoms with Gasteiger partial charge in [0.25, 0.3) is 0 Å². The average Bonchev–Trinajstić information content (AvgIpc) is 2.67. The maximum absolute atomic E-state index is 6.14. The van der Waals surface area contributed by atoms with Gasteiger partial charge in [0.1, 0.15) is 6.61 Å². The van der Waals surface area contributed by atoms with Crippen molar-refractivity contribution in [2.75, 3.05) is 6.61 Å². The van der Waals surface area contributed by atoms with E-state index in [-0.39, 0.29) is 5.11 Å². The van der Waals surface area contributed by atoms with Crippen LogP contribution in [0.25, 0.3) is 10.8 Å². The molecule has 0 fully saturated rings. The van der Waals surface area contributed by atoms with Gasteiger partial charge in [-0.05, 0) is 69.1 Å². The van der Waals surface area contributed by atoms with Crippen LogP contribution in [0.1, 0.15) is 18.1 Å². The Bertz CT molecular complexity index is 1020. The molecule has 3 N–H and O–H groups in total. The number of benzene rings is 3. The minimum Gasteiger partial charge on any atom is -0.490 e. The zero-order valence-corrected chi connectivity index (χ0v) is 17.7. The molecule has 0 aliphatic heterocycles. The van der Waals surface area contributed by atoms with Crippen molar-refractivity contribution < 1.29 is 9.47 Å². The molecule has 28 heavy (non-hydrogen) atoms. The molecule has 0 aliphatic rings. The zero-order chi connectivity index (χ0) is 19.9. The molecule has 0 amide bonds. The number of hydrogen-bond acceptors (Lipinski definition) is 4. The number of nitrogens with two attached hydrogens (primary N) is 1. The molecule has 0 unspecified atom stereocenters. The van der Waals surface area contributed by atoms with Crippen LogP contribution in [0.2, 0.25) is 0 Å². The van der Waals surface area contributed by atoms with Gasteiger partial charge < -0.3 is 15.2 Å². The summed E-state index contributed by atoms with van der Waals surface area (Å²) in [5.74, 6) is 1.28. The summed E-state index contributed by atoms with van der Waals surface area (Å²) in [4.78, 5) is 0. The predicted molar refractivity (Wildman–Crippen MR) is 121 cm³/mol. The van der Waals surface area contributed by atoms with Crippen molar-refractivity contribution in [3.05, 3.63) is 70.2 Å². The number of rotatable bonds is 7. The smallest absolute Gasteiger partial charge is 0.184 e. The molecule has 0 bridgehead atoms. The van der Waals surface area contributed by atoms with E-state index in [4.69, 9.17) is 27.4 Å². The van der Waals surface area contributed by atoms with Gasteiger partial charge in [-0.3, -0.25) is 5.43 Å². The van der Waals surface area contributed by atoms with Gasteiger partial charge in [0, 0.05) is 0 Å². The summed E-state index contributed by atoms with van der Waals surface area (Å²) < 4.78 is 12.7. The molecular formula is C21H20BrN3O2S. The highest BCUT2D eigenvalue weighted by atomic mass is 79.9. The summed E-state index contributed by atoms with van der Waals surface area (Å²) in [5.41, 5.74) is 9.84. The van der Waals surface area contributed by atoms with Crippen LogP contribution < -0.4 is 20.6 Å². The summed E-state index contributed by atoms with van der Waals surface area (Å²) in [6.07, 6.45) is 1.61. The van der Waals surface area contributed by atoms with Gasteiger partial charge in [0.05, 0.1) is 17.3 Å². The van der Waals surface area contributed by atoms with E-state index < -0.39 is 0 Å². The monoisotopic (exact) mass is 457 g/mol. The van der Waals surface area contributed by atoms with Gasteiger partial charge in [0.2, 0.25) is 0 Å². The maximum Gasteiger partial charge on any atom is 0.184 e. The molecule has 3 aromatic rings. The zero-order valence-electron chi connectivity index (χ0n) is 15.3. The fraction of sp³-hybridized carbons (Fsp3) is 0.143. The highest BCUT2D eigenvalue weighted by Crippen LogP contribution is 2.37. The molecule has 0 saturated heterocycles. The Morgan fingerprint density at radius 1 is 1.18 bits per heavy atom. The Labute approximate surface area is 177 Å². The summed E-state index contributed by atoms with van der Waals surface area (Å²) >= 11 is 8.31. The number of fused-ring (bicyclic) bond motifs is 1. The van der Waals surface area contributed by atoms with Gasteiger partial charge in [-0.25, -0.2) is 0 Å². The SMILES string of the molecule is CCOc1cc(/C=N\NC(N)=S)cc(Br)c1OCc1cccc2ccccc12. The first-order valence-electron chi connectivity index (χ1n) is 8.72. The molecule has 0 aromatic heterocycles. The Morgan fingerprint density at radius 2 is 1.96 bits per heavy atom. The molecule has 0 spiro atoms. The lowest BCUT2D eigenvalue weighted by Crippen LogP contribution is -2.23. The first-order valence-corrected chi connectivity index (χ1v) is 9.93. The third kappa shape index (κ3) is 4.99. The first kappa shape index (κ1) is 20.1. The van der Waals surface area contributed by atoms with Crippen LogP contribution in [0.5, 0.6) is 11.5 Å². The Kier molecular flexibility index (Phi) is 6.84. The lowest BCUT2D eigenvalue weighted by atomic mass is 10.1. The first-order chi connectivity index (χ1) is 13.6. The number of ether oxygens (including phenoxy) is 2. The molecule has 0 radical (unpaired) electrons. The molecule has 3 aromatic carbocycles. The van der Waals surface area contributed by atoms with Gasteiger partial charge in [-0.1, -0.05) is 42.5 Å². The van der Waals surface area contributed by atoms with Crippen LogP contribution in [0, 0.1) is 0 Å². The molecule has 3 rings (SSSR count). The molecule has 0 atom stereocenters. The van der Waals surface area contributed by atoms with Crippen molar-refractivity contribution in [3.63, 3.8) is 0 Å². The van der Waals surface area contributed by atoms with Gasteiger partial charge in [-0.2, -0.15) is 5.10 Å². The number of nitrogens with one attached hydrogen (secondary N) is 1. The normalized spacial score (nSPS) is 10.9. The number of nitrogens with zero attached hydrogens (tertiary/aromatic N) is 1. The third-order valence-corrected chi connectivity index (χ3v) is 4.65. The van der Waals surface area contributed by atoms with E-state index >= 15 is 0 Å². The molecule has 0 heterocycles. The average molecular weight is 458 g/mol. The van der Waals surface area contributed by atoms with Crippen LogP contribution in [-0.2, 0) is 6.61 Å². The topological polar surface area (TPSA) is 68.9 Å². The third-order valence-electron chi connectivity index (χ3n) is 3.97. The van der Waals surface area contributed by atoms with Crippen molar-refractivity contribution in [3.8, 4) is 11.5 Å². The number of hydrogen-bond donors (Lipinski definition) is 2. The second-order valence-electron chi connectivity index (χ2n) is 5.92. The van der Waals surface area contributed by atoms with E-state index in [1.54, 1.807) is 6.21 Å². The van der Waals surface area contributed by atoms with Gasteiger partial charge >= 0.3 is 0 Å². The van der Waals surface area contributed by atoms with Crippen LogP contribution in [-0.4, -0.2) is 17.9 Å². The van der Waals surface area contributed by atoms with Gasteiger partial charge in [-0.15, -0.1) is 0 Å². The van der Waals surface area contributed by atoms with Crippen molar-refractivity contribution >= 4 is 50.2 Å². The van der Waals surface area contributed by atoms with E-state index in [1.165, 1.54) is 10.8 Å². The van der Waals surface area contributed by atoms with Crippen LogP contribution >= 0.6 is 28.1 Å². The number of hydrazone groups is 1. The second-order valence-corrected chi connectivity index (χ2v) is 7.22. The van der Waals surface area contributed by atoms with E-state index in [9.17, 15) is 0 Å². The quantitative estimate of drug-likeness (QED) is 0.304. The maximum atomic E-state index is 6.14. The molecule has 144 valence electrons. The molecule has 0 aliphatic carbocycles. The van der Waals surface area contributed by atoms with Crippen LogP contribution in [0.15, 0.2) is 64.2 Å². The highest BCUT2D eigenvalue weighted by Gasteiger charge is 2.13. The molecule has 0 saturated carbocycles. The Morgan fingerprint density at radius 3 is 2.75 bits per heavy atom. The Hall–Kier alpha value is -2.64.